The molecule has 1 aromatic carbocycles. The highest BCUT2D eigenvalue weighted by molar-refractivity contribution is 5.89. The van der Waals surface area contributed by atoms with E-state index in [1.807, 2.05) is 51.4 Å². The van der Waals surface area contributed by atoms with E-state index in [9.17, 15) is 4.79 Å². The number of aromatic nitrogens is 1. The van der Waals surface area contributed by atoms with Gasteiger partial charge in [0, 0.05) is 31.9 Å². The Morgan fingerprint density at radius 2 is 1.76 bits per heavy atom. The molecule has 5 nitrogen and oxygen atoms in total. The Morgan fingerprint density at radius 3 is 2.29 bits per heavy atom. The molecule has 0 aliphatic heterocycles. The molecular formula is C16H20N4O. The van der Waals surface area contributed by atoms with Crippen LogP contribution in [-0.2, 0) is 4.79 Å². The first-order chi connectivity index (χ1) is 10.1. The van der Waals surface area contributed by atoms with Crippen LogP contribution in [0.1, 0.15) is 13.3 Å². The SMILES string of the molecule is CCC(=O)Nc1ccc(Nc2ccc(N(C)C)cc2)cn1. The average molecular weight is 284 g/mol. The molecule has 0 aliphatic carbocycles. The van der Waals surface area contributed by atoms with Crippen LogP contribution in [0.3, 0.4) is 0 Å². The van der Waals surface area contributed by atoms with E-state index in [1.54, 1.807) is 12.3 Å². The summed E-state index contributed by atoms with van der Waals surface area (Å²) in [6, 6.07) is 11.8. The smallest absolute Gasteiger partial charge is 0.225 e. The van der Waals surface area contributed by atoms with Crippen molar-refractivity contribution in [3.8, 4) is 0 Å². The van der Waals surface area contributed by atoms with Crippen LogP contribution in [0, 0.1) is 0 Å². The largest absolute Gasteiger partial charge is 0.378 e. The van der Waals surface area contributed by atoms with Crippen molar-refractivity contribution in [2.75, 3.05) is 29.6 Å². The van der Waals surface area contributed by atoms with Gasteiger partial charge in [-0.25, -0.2) is 4.98 Å². The molecule has 0 spiro atoms. The summed E-state index contributed by atoms with van der Waals surface area (Å²) in [5, 5.41) is 5.99. The maximum absolute atomic E-state index is 11.3. The number of hydrogen-bond acceptors (Lipinski definition) is 4. The van der Waals surface area contributed by atoms with Gasteiger partial charge in [0.15, 0.2) is 0 Å². The third-order valence-corrected chi connectivity index (χ3v) is 3.02. The summed E-state index contributed by atoms with van der Waals surface area (Å²) in [6.07, 6.45) is 2.14. The van der Waals surface area contributed by atoms with Gasteiger partial charge >= 0.3 is 0 Å². The summed E-state index contributed by atoms with van der Waals surface area (Å²) in [4.78, 5) is 17.5. The van der Waals surface area contributed by atoms with Gasteiger partial charge in [0.2, 0.25) is 5.91 Å². The van der Waals surface area contributed by atoms with Crippen molar-refractivity contribution in [3.05, 3.63) is 42.6 Å². The molecule has 0 bridgehead atoms. The third-order valence-electron chi connectivity index (χ3n) is 3.02. The minimum atomic E-state index is -0.0394. The maximum atomic E-state index is 11.3. The average Bonchev–Trinajstić information content (AvgIpc) is 2.49. The molecule has 21 heavy (non-hydrogen) atoms. The first-order valence-corrected chi connectivity index (χ1v) is 6.89. The van der Waals surface area contributed by atoms with Crippen molar-refractivity contribution in [1.29, 1.82) is 0 Å². The highest BCUT2D eigenvalue weighted by atomic mass is 16.1. The van der Waals surface area contributed by atoms with E-state index in [2.05, 4.69) is 20.5 Å². The van der Waals surface area contributed by atoms with E-state index < -0.39 is 0 Å². The molecule has 0 saturated carbocycles. The van der Waals surface area contributed by atoms with Gasteiger partial charge in [0.25, 0.3) is 0 Å². The molecule has 2 aromatic rings. The van der Waals surface area contributed by atoms with E-state index in [0.717, 1.165) is 17.1 Å². The van der Waals surface area contributed by atoms with Crippen LogP contribution in [0.4, 0.5) is 22.9 Å². The number of pyridine rings is 1. The van der Waals surface area contributed by atoms with Crippen LogP contribution >= 0.6 is 0 Å². The summed E-state index contributed by atoms with van der Waals surface area (Å²) in [5.74, 6) is 0.526. The molecule has 0 aliphatic rings. The number of hydrogen-bond donors (Lipinski definition) is 2. The number of carbonyl (C=O) groups is 1. The van der Waals surface area contributed by atoms with Gasteiger partial charge in [-0.2, -0.15) is 0 Å². The topological polar surface area (TPSA) is 57.3 Å². The summed E-state index contributed by atoms with van der Waals surface area (Å²) < 4.78 is 0. The second-order valence-electron chi connectivity index (χ2n) is 4.90. The quantitative estimate of drug-likeness (QED) is 0.885. The summed E-state index contributed by atoms with van der Waals surface area (Å²) in [7, 11) is 4.02. The number of nitrogens with one attached hydrogen (secondary N) is 2. The minimum absolute atomic E-state index is 0.0394. The molecule has 1 amide bonds. The molecule has 110 valence electrons. The molecule has 2 rings (SSSR count). The van der Waals surface area contributed by atoms with Gasteiger partial charge in [-0.1, -0.05) is 6.92 Å². The number of nitrogens with zero attached hydrogens (tertiary/aromatic N) is 2. The Hall–Kier alpha value is -2.56. The van der Waals surface area contributed by atoms with Crippen LogP contribution in [0.15, 0.2) is 42.6 Å². The molecular weight excluding hydrogens is 264 g/mol. The zero-order valence-corrected chi connectivity index (χ0v) is 12.6. The van der Waals surface area contributed by atoms with Gasteiger partial charge in [-0.15, -0.1) is 0 Å². The number of benzene rings is 1. The summed E-state index contributed by atoms with van der Waals surface area (Å²) >= 11 is 0. The molecule has 1 aromatic heterocycles. The lowest BCUT2D eigenvalue weighted by Gasteiger charge is -2.13. The van der Waals surface area contributed by atoms with Gasteiger partial charge in [-0.05, 0) is 36.4 Å². The predicted octanol–water partition coefficient (Wildman–Crippen LogP) is 3.24. The second-order valence-corrected chi connectivity index (χ2v) is 4.90. The van der Waals surface area contributed by atoms with Crippen LogP contribution in [0.25, 0.3) is 0 Å². The lowest BCUT2D eigenvalue weighted by atomic mass is 10.2. The van der Waals surface area contributed by atoms with Gasteiger partial charge < -0.3 is 15.5 Å². The first kappa shape index (κ1) is 14.8. The van der Waals surface area contributed by atoms with E-state index in [4.69, 9.17) is 0 Å². The molecule has 0 fully saturated rings. The number of carbonyl (C=O) groups excluding carboxylic acids is 1. The van der Waals surface area contributed by atoms with Crippen LogP contribution < -0.4 is 15.5 Å². The zero-order chi connectivity index (χ0) is 15.2. The Bertz CT molecular complexity index is 591. The zero-order valence-electron chi connectivity index (χ0n) is 12.6. The normalized spacial score (nSPS) is 10.0. The number of anilines is 4. The predicted molar refractivity (Wildman–Crippen MR) is 87.2 cm³/mol. The number of amides is 1. The lowest BCUT2D eigenvalue weighted by molar-refractivity contribution is -0.115. The molecule has 0 unspecified atom stereocenters. The molecule has 0 atom stereocenters. The first-order valence-electron chi connectivity index (χ1n) is 6.89. The van der Waals surface area contributed by atoms with Crippen molar-refractivity contribution in [2.24, 2.45) is 0 Å². The van der Waals surface area contributed by atoms with E-state index in [0.29, 0.717) is 12.2 Å². The Balaban J connectivity index is 2.01. The third kappa shape index (κ3) is 4.21. The van der Waals surface area contributed by atoms with Crippen molar-refractivity contribution in [3.63, 3.8) is 0 Å². The van der Waals surface area contributed by atoms with Crippen LogP contribution in [0.2, 0.25) is 0 Å². The fourth-order valence-corrected chi connectivity index (χ4v) is 1.78. The van der Waals surface area contributed by atoms with Crippen molar-refractivity contribution >= 4 is 28.8 Å². The van der Waals surface area contributed by atoms with Crippen LogP contribution in [0.5, 0.6) is 0 Å². The van der Waals surface area contributed by atoms with Gasteiger partial charge in [-0.3, -0.25) is 4.79 Å². The van der Waals surface area contributed by atoms with Gasteiger partial charge in [0.1, 0.15) is 5.82 Å². The number of rotatable bonds is 5. The highest BCUT2D eigenvalue weighted by Crippen LogP contribution is 2.20. The molecule has 1 heterocycles. The molecule has 0 saturated heterocycles. The Labute approximate surface area is 125 Å². The second kappa shape index (κ2) is 6.74. The minimum Gasteiger partial charge on any atom is -0.378 e. The van der Waals surface area contributed by atoms with E-state index >= 15 is 0 Å². The molecule has 0 radical (unpaired) electrons. The van der Waals surface area contributed by atoms with Crippen LogP contribution in [-0.4, -0.2) is 25.0 Å². The maximum Gasteiger partial charge on any atom is 0.225 e. The van der Waals surface area contributed by atoms with Gasteiger partial charge in [0.05, 0.1) is 11.9 Å². The van der Waals surface area contributed by atoms with Crippen molar-refractivity contribution < 1.29 is 4.79 Å². The van der Waals surface area contributed by atoms with Crippen molar-refractivity contribution in [1.82, 2.24) is 4.98 Å². The lowest BCUT2D eigenvalue weighted by Crippen LogP contribution is -2.10. The monoisotopic (exact) mass is 284 g/mol. The molecule has 2 N–H and O–H groups in total. The fourth-order valence-electron chi connectivity index (χ4n) is 1.78. The van der Waals surface area contributed by atoms with Crippen molar-refractivity contribution in [2.45, 2.75) is 13.3 Å². The fraction of sp³-hybridized carbons (Fsp3) is 0.250. The molecule has 5 heteroatoms. The summed E-state index contributed by atoms with van der Waals surface area (Å²) in [6.45, 7) is 1.81. The summed E-state index contributed by atoms with van der Waals surface area (Å²) in [5.41, 5.74) is 3.02. The Morgan fingerprint density at radius 1 is 1.10 bits per heavy atom. The van der Waals surface area contributed by atoms with E-state index in [-0.39, 0.29) is 5.91 Å². The Kier molecular flexibility index (Phi) is 4.77. The standard InChI is InChI=1S/C16H20N4O/c1-4-16(21)19-15-10-7-13(11-17-15)18-12-5-8-14(9-6-12)20(2)3/h5-11,18H,4H2,1-3H3,(H,17,19,21). The highest BCUT2D eigenvalue weighted by Gasteiger charge is 2.01. The van der Waals surface area contributed by atoms with E-state index in [1.165, 1.54) is 0 Å².